The highest BCUT2D eigenvalue weighted by atomic mass is 35.5. The van der Waals surface area contributed by atoms with E-state index in [1.54, 1.807) is 18.2 Å². The van der Waals surface area contributed by atoms with E-state index in [1.807, 2.05) is 0 Å². The van der Waals surface area contributed by atoms with Crippen LogP contribution in [-0.2, 0) is 0 Å². The fourth-order valence-electron chi connectivity index (χ4n) is 1.12. The number of alkyl halides is 3. The second-order valence-corrected chi connectivity index (χ2v) is 4.63. The van der Waals surface area contributed by atoms with Crippen LogP contribution in [0.1, 0.15) is 0 Å². The Morgan fingerprint density at radius 2 is 2.12 bits per heavy atom. The summed E-state index contributed by atoms with van der Waals surface area (Å²) >= 11 is 5.81. The van der Waals surface area contributed by atoms with Gasteiger partial charge in [0, 0.05) is 18.4 Å². The highest BCUT2D eigenvalue weighted by molar-refractivity contribution is 8.00. The van der Waals surface area contributed by atoms with Crippen LogP contribution in [0.3, 0.4) is 0 Å². The summed E-state index contributed by atoms with van der Waals surface area (Å²) in [6.45, 7) is 0.178. The van der Waals surface area contributed by atoms with E-state index in [1.165, 1.54) is 7.11 Å². The van der Waals surface area contributed by atoms with E-state index in [0.29, 0.717) is 16.5 Å². The topological polar surface area (TPSA) is 21.3 Å². The van der Waals surface area contributed by atoms with Gasteiger partial charge >= 0.3 is 5.51 Å². The normalized spacial score (nSPS) is 11.4. The van der Waals surface area contributed by atoms with Crippen molar-refractivity contribution in [3.63, 3.8) is 0 Å². The number of anilines is 1. The molecule has 0 fully saturated rings. The number of rotatable bonds is 5. The molecule has 2 nitrogen and oxygen atoms in total. The number of hydrogen-bond donors (Lipinski definition) is 1. The zero-order valence-corrected chi connectivity index (χ0v) is 10.5. The van der Waals surface area contributed by atoms with Crippen molar-refractivity contribution in [1.82, 2.24) is 0 Å². The Morgan fingerprint density at radius 3 is 2.71 bits per heavy atom. The maximum Gasteiger partial charge on any atom is 0.441 e. The number of ether oxygens (including phenoxy) is 1. The zero-order valence-electron chi connectivity index (χ0n) is 8.97. The van der Waals surface area contributed by atoms with Gasteiger partial charge in [-0.1, -0.05) is 11.6 Å². The summed E-state index contributed by atoms with van der Waals surface area (Å²) in [5, 5.41) is 3.27. The standard InChI is InChI=1S/C10H11ClF3NOS/c1-16-7-2-3-8(11)9(6-7)15-4-5-17-10(12,13)14/h2-3,6,15H,4-5H2,1H3. The minimum atomic E-state index is -4.19. The highest BCUT2D eigenvalue weighted by Crippen LogP contribution is 2.30. The van der Waals surface area contributed by atoms with Gasteiger partial charge in [-0.05, 0) is 23.9 Å². The van der Waals surface area contributed by atoms with Gasteiger partial charge < -0.3 is 10.1 Å². The summed E-state index contributed by atoms with van der Waals surface area (Å²) < 4.78 is 40.6. The second-order valence-electron chi connectivity index (χ2n) is 3.07. The van der Waals surface area contributed by atoms with Crippen molar-refractivity contribution < 1.29 is 17.9 Å². The smallest absolute Gasteiger partial charge is 0.441 e. The van der Waals surface area contributed by atoms with Crippen molar-refractivity contribution in [2.45, 2.75) is 5.51 Å². The van der Waals surface area contributed by atoms with Crippen molar-refractivity contribution in [2.24, 2.45) is 0 Å². The lowest BCUT2D eigenvalue weighted by Crippen LogP contribution is -2.09. The Morgan fingerprint density at radius 1 is 1.41 bits per heavy atom. The number of nitrogens with one attached hydrogen (secondary N) is 1. The van der Waals surface area contributed by atoms with Crippen molar-refractivity contribution in [3.05, 3.63) is 23.2 Å². The van der Waals surface area contributed by atoms with Gasteiger partial charge in [0.25, 0.3) is 0 Å². The van der Waals surface area contributed by atoms with Crippen molar-refractivity contribution in [2.75, 3.05) is 24.7 Å². The van der Waals surface area contributed by atoms with E-state index in [0.717, 1.165) is 0 Å². The molecule has 0 aliphatic heterocycles. The van der Waals surface area contributed by atoms with Crippen molar-refractivity contribution in [3.8, 4) is 5.75 Å². The number of benzene rings is 1. The van der Waals surface area contributed by atoms with E-state index >= 15 is 0 Å². The van der Waals surface area contributed by atoms with E-state index in [2.05, 4.69) is 5.32 Å². The number of halogens is 4. The van der Waals surface area contributed by atoms with Gasteiger partial charge in [0.15, 0.2) is 0 Å². The first kappa shape index (κ1) is 14.3. The summed E-state index contributed by atoms with van der Waals surface area (Å²) in [5.74, 6) is 0.525. The molecule has 0 aliphatic carbocycles. The molecule has 0 bridgehead atoms. The fourth-order valence-corrected chi connectivity index (χ4v) is 1.74. The van der Waals surface area contributed by atoms with E-state index in [-0.39, 0.29) is 24.1 Å². The third-order valence-electron chi connectivity index (χ3n) is 1.86. The molecule has 17 heavy (non-hydrogen) atoms. The van der Waals surface area contributed by atoms with Gasteiger partial charge in [0.2, 0.25) is 0 Å². The minimum absolute atomic E-state index is 0.0682. The van der Waals surface area contributed by atoms with E-state index < -0.39 is 5.51 Å². The zero-order chi connectivity index (χ0) is 12.9. The van der Waals surface area contributed by atoms with Crippen LogP contribution in [0.5, 0.6) is 5.75 Å². The first-order valence-corrected chi connectivity index (χ1v) is 6.07. The number of thioether (sulfide) groups is 1. The molecule has 0 aliphatic rings. The third-order valence-corrected chi connectivity index (χ3v) is 2.92. The summed E-state index contributed by atoms with van der Waals surface area (Å²) in [6.07, 6.45) is 0. The minimum Gasteiger partial charge on any atom is -0.497 e. The molecule has 96 valence electrons. The lowest BCUT2D eigenvalue weighted by Gasteiger charge is -2.10. The maximum atomic E-state index is 11.9. The largest absolute Gasteiger partial charge is 0.497 e. The molecule has 0 saturated heterocycles. The molecule has 1 aromatic carbocycles. The van der Waals surface area contributed by atoms with Crippen LogP contribution in [0.15, 0.2) is 18.2 Å². The van der Waals surface area contributed by atoms with Gasteiger partial charge in [-0.25, -0.2) is 0 Å². The lowest BCUT2D eigenvalue weighted by atomic mass is 10.3. The predicted octanol–water partition coefficient (Wildman–Crippen LogP) is 4.01. The molecule has 0 heterocycles. The molecule has 0 radical (unpaired) electrons. The SMILES string of the molecule is COc1ccc(Cl)c(NCCSC(F)(F)F)c1. The Bertz CT molecular complexity index is 373. The summed E-state index contributed by atoms with van der Waals surface area (Å²) in [6, 6.07) is 4.94. The van der Waals surface area contributed by atoms with Gasteiger partial charge in [-0.15, -0.1) is 0 Å². The molecule has 0 spiro atoms. The first-order chi connectivity index (χ1) is 7.92. The molecule has 1 N–H and O–H groups in total. The Balaban J connectivity index is 2.46. The van der Waals surface area contributed by atoms with E-state index in [9.17, 15) is 13.2 Å². The van der Waals surface area contributed by atoms with Gasteiger partial charge in [-0.3, -0.25) is 0 Å². The molecule has 1 aromatic rings. The van der Waals surface area contributed by atoms with Crippen LogP contribution in [0.4, 0.5) is 18.9 Å². The quantitative estimate of drug-likeness (QED) is 0.826. The van der Waals surface area contributed by atoms with Crippen LogP contribution in [0.2, 0.25) is 5.02 Å². The first-order valence-electron chi connectivity index (χ1n) is 4.70. The van der Waals surface area contributed by atoms with E-state index in [4.69, 9.17) is 16.3 Å². The van der Waals surface area contributed by atoms with Gasteiger partial charge in [0.1, 0.15) is 5.75 Å². The van der Waals surface area contributed by atoms with Crippen molar-refractivity contribution >= 4 is 29.1 Å². The maximum absolute atomic E-state index is 11.9. The average molecular weight is 286 g/mol. The molecule has 0 unspecified atom stereocenters. The molecule has 0 aromatic heterocycles. The molecule has 7 heteroatoms. The molecule has 0 atom stereocenters. The summed E-state index contributed by atoms with van der Waals surface area (Å²) in [5.41, 5.74) is -3.63. The van der Waals surface area contributed by atoms with Crippen LogP contribution >= 0.6 is 23.4 Å². The average Bonchev–Trinajstić information content (AvgIpc) is 2.25. The van der Waals surface area contributed by atoms with Crippen LogP contribution in [-0.4, -0.2) is 24.9 Å². The fraction of sp³-hybridized carbons (Fsp3) is 0.400. The summed E-state index contributed by atoms with van der Waals surface area (Å²) in [4.78, 5) is 0. The highest BCUT2D eigenvalue weighted by Gasteiger charge is 2.27. The van der Waals surface area contributed by atoms with Crippen LogP contribution < -0.4 is 10.1 Å². The lowest BCUT2D eigenvalue weighted by molar-refractivity contribution is -0.0327. The Kier molecular flexibility index (Phi) is 5.27. The molecular formula is C10H11ClF3NOS. The number of methoxy groups -OCH3 is 1. The van der Waals surface area contributed by atoms with Gasteiger partial charge in [-0.2, -0.15) is 13.2 Å². The van der Waals surface area contributed by atoms with Crippen LogP contribution in [0.25, 0.3) is 0 Å². The monoisotopic (exact) mass is 285 g/mol. The molecule has 0 saturated carbocycles. The van der Waals surface area contributed by atoms with Crippen molar-refractivity contribution in [1.29, 1.82) is 0 Å². The predicted molar refractivity (Wildman–Crippen MR) is 65.0 cm³/mol. The Hall–Kier alpha value is -0.750. The summed E-state index contributed by atoms with van der Waals surface area (Å²) in [7, 11) is 1.51. The molecule has 0 amide bonds. The van der Waals surface area contributed by atoms with Gasteiger partial charge in [0.05, 0.1) is 17.8 Å². The third kappa shape index (κ3) is 5.41. The number of hydrogen-bond acceptors (Lipinski definition) is 3. The van der Waals surface area contributed by atoms with Crippen LogP contribution in [0, 0.1) is 0 Å². The molecular weight excluding hydrogens is 275 g/mol. The Labute approximate surface area is 106 Å². The second kappa shape index (κ2) is 6.26. The molecule has 1 rings (SSSR count).